The van der Waals surface area contributed by atoms with Gasteiger partial charge >= 0.3 is 0 Å². The summed E-state index contributed by atoms with van der Waals surface area (Å²) in [5, 5.41) is 0. The Kier molecular flexibility index (Phi) is 5.93. The Morgan fingerprint density at radius 1 is 1.11 bits per heavy atom. The molecule has 6 nitrogen and oxygen atoms in total. The zero-order valence-electron chi connectivity index (χ0n) is 16.4. The van der Waals surface area contributed by atoms with Crippen LogP contribution < -0.4 is 14.4 Å². The first-order chi connectivity index (χ1) is 13.3. The van der Waals surface area contributed by atoms with Crippen LogP contribution in [-0.2, 0) is 21.2 Å². The molecule has 0 unspecified atom stereocenters. The average molecular weight is 403 g/mol. The first kappa shape index (κ1) is 20.2. The fourth-order valence-corrected chi connectivity index (χ4v) is 4.21. The van der Waals surface area contributed by atoms with E-state index in [2.05, 4.69) is 18.6 Å². The van der Waals surface area contributed by atoms with Crippen LogP contribution in [0.2, 0.25) is 0 Å². The van der Waals surface area contributed by atoms with Gasteiger partial charge in [-0.05, 0) is 67.3 Å². The van der Waals surface area contributed by atoms with E-state index in [4.69, 9.17) is 4.74 Å². The Balaban J connectivity index is 1.76. The number of sulfonamides is 1. The molecule has 0 radical (unpaired) electrons. The predicted octanol–water partition coefficient (Wildman–Crippen LogP) is 3.82. The van der Waals surface area contributed by atoms with Gasteiger partial charge in [-0.3, -0.25) is 9.52 Å². The monoisotopic (exact) mass is 402 g/mol. The number of aryl methyl sites for hydroxylation is 1. The highest BCUT2D eigenvalue weighted by molar-refractivity contribution is 7.92. The van der Waals surface area contributed by atoms with Crippen LogP contribution in [-0.4, -0.2) is 27.5 Å². The number of carbonyl (C=O) groups excluding carboxylic acids is 1. The maximum atomic E-state index is 12.7. The highest BCUT2D eigenvalue weighted by Crippen LogP contribution is 2.31. The van der Waals surface area contributed by atoms with Gasteiger partial charge in [-0.15, -0.1) is 0 Å². The van der Waals surface area contributed by atoms with E-state index in [0.717, 1.165) is 11.3 Å². The second-order valence-corrected chi connectivity index (χ2v) is 8.95. The Morgan fingerprint density at radius 3 is 2.46 bits per heavy atom. The molecule has 1 N–H and O–H groups in total. The van der Waals surface area contributed by atoms with Crippen LogP contribution in [0.3, 0.4) is 0 Å². The maximum Gasteiger partial charge on any atom is 0.261 e. The fraction of sp³-hybridized carbons (Fsp3) is 0.381. The van der Waals surface area contributed by atoms with E-state index < -0.39 is 10.0 Å². The van der Waals surface area contributed by atoms with Crippen molar-refractivity contribution in [1.29, 1.82) is 0 Å². The van der Waals surface area contributed by atoms with Crippen LogP contribution in [0.15, 0.2) is 47.4 Å². The van der Waals surface area contributed by atoms with Gasteiger partial charge in [0, 0.05) is 24.3 Å². The average Bonchev–Trinajstić information content (AvgIpc) is 2.66. The number of fused-ring (bicyclic) bond motifs is 1. The van der Waals surface area contributed by atoms with E-state index in [-0.39, 0.29) is 10.8 Å². The molecule has 1 aliphatic heterocycles. The second-order valence-electron chi connectivity index (χ2n) is 7.26. The van der Waals surface area contributed by atoms with Crippen LogP contribution in [0.5, 0.6) is 5.75 Å². The van der Waals surface area contributed by atoms with Gasteiger partial charge in [0.15, 0.2) is 0 Å². The summed E-state index contributed by atoms with van der Waals surface area (Å²) >= 11 is 0. The minimum atomic E-state index is -3.70. The van der Waals surface area contributed by atoms with Crippen molar-refractivity contribution in [3.63, 3.8) is 0 Å². The molecule has 150 valence electrons. The summed E-state index contributed by atoms with van der Waals surface area (Å²) < 4.78 is 33.6. The lowest BCUT2D eigenvalue weighted by atomic mass is 10.0. The Bertz CT molecular complexity index is 953. The third-order valence-electron chi connectivity index (χ3n) is 4.57. The number of benzene rings is 2. The van der Waals surface area contributed by atoms with Gasteiger partial charge in [0.05, 0.1) is 11.5 Å². The fourth-order valence-electron chi connectivity index (χ4n) is 3.16. The van der Waals surface area contributed by atoms with Crippen molar-refractivity contribution < 1.29 is 17.9 Å². The first-order valence-electron chi connectivity index (χ1n) is 9.49. The minimum Gasteiger partial charge on any atom is -0.493 e. The van der Waals surface area contributed by atoms with E-state index in [1.807, 2.05) is 13.0 Å². The minimum absolute atomic E-state index is 0.100. The summed E-state index contributed by atoms with van der Waals surface area (Å²) in [7, 11) is -3.70. The van der Waals surface area contributed by atoms with Crippen molar-refractivity contribution in [3.05, 3.63) is 48.0 Å². The summed E-state index contributed by atoms with van der Waals surface area (Å²) in [6.07, 6.45) is 1.05. The molecule has 7 heteroatoms. The third-order valence-corrected chi connectivity index (χ3v) is 5.96. The molecule has 0 saturated heterocycles. The van der Waals surface area contributed by atoms with E-state index in [1.54, 1.807) is 29.2 Å². The summed E-state index contributed by atoms with van der Waals surface area (Å²) in [6, 6.07) is 11.7. The zero-order chi connectivity index (χ0) is 20.3. The zero-order valence-corrected chi connectivity index (χ0v) is 17.3. The molecule has 1 heterocycles. The molecule has 28 heavy (non-hydrogen) atoms. The molecule has 0 spiro atoms. The largest absolute Gasteiger partial charge is 0.493 e. The molecule has 0 fully saturated rings. The van der Waals surface area contributed by atoms with Gasteiger partial charge in [-0.1, -0.05) is 13.8 Å². The smallest absolute Gasteiger partial charge is 0.261 e. The van der Waals surface area contributed by atoms with E-state index in [0.29, 0.717) is 43.3 Å². The molecule has 0 bridgehead atoms. The molecule has 1 aliphatic rings. The lowest BCUT2D eigenvalue weighted by Gasteiger charge is -2.28. The standard InChI is InChI=1S/C21H26N2O4S/c1-4-23-20-11-6-17(13-16(20)5-12-21(23)24)22-28(25,26)19-9-7-18(8-10-19)27-14-15(2)3/h6-11,13,15,22H,4-5,12,14H2,1-3H3. The number of rotatable bonds is 7. The van der Waals surface area contributed by atoms with Crippen LogP contribution in [0.25, 0.3) is 0 Å². The van der Waals surface area contributed by atoms with Crippen LogP contribution in [0, 0.1) is 5.92 Å². The van der Waals surface area contributed by atoms with Crippen LogP contribution in [0.4, 0.5) is 11.4 Å². The topological polar surface area (TPSA) is 75.7 Å². The molecule has 2 aromatic carbocycles. The Morgan fingerprint density at radius 2 is 1.82 bits per heavy atom. The third kappa shape index (κ3) is 4.47. The lowest BCUT2D eigenvalue weighted by Crippen LogP contribution is -2.34. The van der Waals surface area contributed by atoms with Gasteiger partial charge in [0.1, 0.15) is 5.75 Å². The number of nitrogens with zero attached hydrogens (tertiary/aromatic N) is 1. The predicted molar refractivity (Wildman–Crippen MR) is 110 cm³/mol. The van der Waals surface area contributed by atoms with E-state index >= 15 is 0 Å². The quantitative estimate of drug-likeness (QED) is 0.764. The molecule has 0 aromatic heterocycles. The summed E-state index contributed by atoms with van der Waals surface area (Å²) in [5.41, 5.74) is 2.32. The summed E-state index contributed by atoms with van der Waals surface area (Å²) in [6.45, 7) is 7.21. The van der Waals surface area contributed by atoms with Crippen molar-refractivity contribution >= 4 is 27.3 Å². The molecule has 3 rings (SSSR count). The number of hydrogen-bond donors (Lipinski definition) is 1. The van der Waals surface area contributed by atoms with Gasteiger partial charge in [-0.25, -0.2) is 8.42 Å². The maximum absolute atomic E-state index is 12.7. The van der Waals surface area contributed by atoms with Gasteiger partial charge in [0.25, 0.3) is 10.0 Å². The highest BCUT2D eigenvalue weighted by Gasteiger charge is 2.23. The van der Waals surface area contributed by atoms with Crippen LogP contribution >= 0.6 is 0 Å². The lowest BCUT2D eigenvalue weighted by molar-refractivity contribution is -0.118. The number of carbonyl (C=O) groups is 1. The molecule has 0 saturated carbocycles. The van der Waals surface area contributed by atoms with Crippen molar-refractivity contribution in [2.24, 2.45) is 5.92 Å². The molecule has 0 aliphatic carbocycles. The van der Waals surface area contributed by atoms with Crippen molar-refractivity contribution in [2.45, 2.75) is 38.5 Å². The molecular formula is C21H26N2O4S. The number of anilines is 2. The normalized spacial score (nSPS) is 14.1. The second kappa shape index (κ2) is 8.22. The first-order valence-corrected chi connectivity index (χ1v) is 11.0. The summed E-state index contributed by atoms with van der Waals surface area (Å²) in [4.78, 5) is 13.9. The Hall–Kier alpha value is -2.54. The summed E-state index contributed by atoms with van der Waals surface area (Å²) in [5.74, 6) is 1.14. The van der Waals surface area contributed by atoms with Gasteiger partial charge < -0.3 is 9.64 Å². The number of hydrogen-bond acceptors (Lipinski definition) is 4. The van der Waals surface area contributed by atoms with Crippen LogP contribution in [0.1, 0.15) is 32.8 Å². The number of ether oxygens (including phenoxy) is 1. The molecule has 2 aromatic rings. The molecular weight excluding hydrogens is 376 g/mol. The molecule has 1 amide bonds. The Labute approximate surface area is 166 Å². The SMILES string of the molecule is CCN1C(=O)CCc2cc(NS(=O)(=O)c3ccc(OCC(C)C)cc3)ccc21. The van der Waals surface area contributed by atoms with Crippen molar-refractivity contribution in [3.8, 4) is 5.75 Å². The number of nitrogens with one attached hydrogen (secondary N) is 1. The number of amides is 1. The van der Waals surface area contributed by atoms with Crippen molar-refractivity contribution in [2.75, 3.05) is 22.8 Å². The molecule has 0 atom stereocenters. The highest BCUT2D eigenvalue weighted by atomic mass is 32.2. The van der Waals surface area contributed by atoms with Gasteiger partial charge in [-0.2, -0.15) is 0 Å². The van der Waals surface area contributed by atoms with E-state index in [1.165, 1.54) is 12.1 Å². The van der Waals surface area contributed by atoms with Crippen molar-refractivity contribution in [1.82, 2.24) is 0 Å². The van der Waals surface area contributed by atoms with Gasteiger partial charge in [0.2, 0.25) is 5.91 Å². The van der Waals surface area contributed by atoms with E-state index in [9.17, 15) is 13.2 Å².